The van der Waals surface area contributed by atoms with Gasteiger partial charge in [0.15, 0.2) is 0 Å². The number of nitrogens with one attached hydrogen (secondary N) is 2. The predicted molar refractivity (Wildman–Crippen MR) is 114 cm³/mol. The lowest BCUT2D eigenvalue weighted by atomic mass is 10.0. The van der Waals surface area contributed by atoms with E-state index in [9.17, 15) is 14.0 Å². The zero-order valence-corrected chi connectivity index (χ0v) is 17.8. The highest BCUT2D eigenvalue weighted by atomic mass is 32.1. The summed E-state index contributed by atoms with van der Waals surface area (Å²) < 4.78 is 18.6. The molecule has 1 aliphatic carbocycles. The highest BCUT2D eigenvalue weighted by Crippen LogP contribution is 2.47. The summed E-state index contributed by atoms with van der Waals surface area (Å²) in [5, 5.41) is 5.78. The zero-order chi connectivity index (χ0) is 21.1. The molecule has 0 radical (unpaired) electrons. The molecule has 1 aromatic carbocycles. The number of carbonyl (C=O) groups is 2. The average Bonchev–Trinajstić information content (AvgIpc) is 3.47. The van der Waals surface area contributed by atoms with Crippen molar-refractivity contribution in [2.24, 2.45) is 5.41 Å². The number of aryl methyl sites for hydroxylation is 1. The molecular formula is C22H26FN3O3S. The van der Waals surface area contributed by atoms with Crippen LogP contribution >= 0.6 is 11.3 Å². The van der Waals surface area contributed by atoms with Crippen molar-refractivity contribution in [2.75, 3.05) is 38.2 Å². The lowest BCUT2D eigenvalue weighted by molar-refractivity contribution is -0.134. The summed E-state index contributed by atoms with van der Waals surface area (Å²) in [5.41, 5.74) is -0.546. The molecule has 2 aliphatic rings. The van der Waals surface area contributed by atoms with Gasteiger partial charge >= 0.3 is 0 Å². The summed E-state index contributed by atoms with van der Waals surface area (Å²) >= 11 is 1.73. The molecule has 1 atom stereocenters. The lowest BCUT2D eigenvalue weighted by Crippen LogP contribution is -2.46. The topological polar surface area (TPSA) is 70.7 Å². The smallest absolute Gasteiger partial charge is 0.240 e. The third-order valence-electron chi connectivity index (χ3n) is 5.75. The summed E-state index contributed by atoms with van der Waals surface area (Å²) in [7, 11) is 0. The number of nitrogens with zero attached hydrogens (tertiary/aromatic N) is 1. The number of rotatable bonds is 7. The van der Waals surface area contributed by atoms with E-state index in [0.717, 1.165) is 13.1 Å². The van der Waals surface area contributed by atoms with Crippen molar-refractivity contribution in [1.29, 1.82) is 0 Å². The van der Waals surface area contributed by atoms with E-state index in [4.69, 9.17) is 4.74 Å². The molecule has 6 nitrogen and oxygen atoms in total. The summed E-state index contributed by atoms with van der Waals surface area (Å²) in [6.07, 6.45) is 1.04. The van der Waals surface area contributed by atoms with Crippen molar-refractivity contribution < 1.29 is 18.7 Å². The Kier molecular flexibility index (Phi) is 6.17. The van der Waals surface area contributed by atoms with E-state index < -0.39 is 5.41 Å². The van der Waals surface area contributed by atoms with Crippen molar-refractivity contribution in [2.45, 2.75) is 25.8 Å². The van der Waals surface area contributed by atoms with Crippen LogP contribution in [0.3, 0.4) is 0 Å². The molecule has 2 heterocycles. The van der Waals surface area contributed by atoms with Crippen molar-refractivity contribution in [3.05, 3.63) is 52.0 Å². The van der Waals surface area contributed by atoms with Crippen LogP contribution < -0.4 is 10.6 Å². The van der Waals surface area contributed by atoms with Gasteiger partial charge in [-0.2, -0.15) is 0 Å². The Morgan fingerprint density at radius 1 is 1.13 bits per heavy atom. The van der Waals surface area contributed by atoms with Crippen molar-refractivity contribution in [3.63, 3.8) is 0 Å². The van der Waals surface area contributed by atoms with Gasteiger partial charge in [-0.3, -0.25) is 14.5 Å². The van der Waals surface area contributed by atoms with E-state index in [1.54, 1.807) is 11.3 Å². The van der Waals surface area contributed by atoms with Crippen LogP contribution in [0.4, 0.5) is 10.1 Å². The van der Waals surface area contributed by atoms with Crippen LogP contribution in [0.25, 0.3) is 0 Å². The molecule has 0 spiro atoms. The molecule has 2 N–H and O–H groups in total. The summed E-state index contributed by atoms with van der Waals surface area (Å²) in [5.74, 6) is -0.944. The highest BCUT2D eigenvalue weighted by Gasteiger charge is 2.56. The molecule has 2 fully saturated rings. The SMILES string of the molecule is Cc1ccc(C(CNC(=O)C2(C(=O)Nc3ccc(F)cc3)CC2)N2CCOCC2)s1. The maximum absolute atomic E-state index is 13.1. The van der Waals surface area contributed by atoms with Gasteiger partial charge in [-0.25, -0.2) is 4.39 Å². The van der Waals surface area contributed by atoms with Crippen molar-refractivity contribution in [3.8, 4) is 0 Å². The molecule has 160 valence electrons. The highest BCUT2D eigenvalue weighted by molar-refractivity contribution is 7.12. The zero-order valence-electron chi connectivity index (χ0n) is 16.9. The second-order valence-electron chi connectivity index (χ2n) is 7.87. The number of anilines is 1. The van der Waals surface area contributed by atoms with E-state index in [-0.39, 0.29) is 23.7 Å². The third-order valence-corrected chi connectivity index (χ3v) is 6.86. The molecule has 1 aromatic heterocycles. The van der Waals surface area contributed by atoms with Crippen molar-refractivity contribution in [1.82, 2.24) is 10.2 Å². The maximum atomic E-state index is 13.1. The number of amides is 2. The van der Waals surface area contributed by atoms with Gasteiger partial charge in [-0.1, -0.05) is 0 Å². The Morgan fingerprint density at radius 3 is 2.43 bits per heavy atom. The molecule has 4 rings (SSSR count). The average molecular weight is 432 g/mol. The Bertz CT molecular complexity index is 905. The first-order valence-electron chi connectivity index (χ1n) is 10.2. The number of benzene rings is 1. The van der Waals surface area contributed by atoms with Crippen LogP contribution in [-0.4, -0.2) is 49.6 Å². The fourth-order valence-corrected chi connectivity index (χ4v) is 4.77. The molecule has 2 aromatic rings. The number of halogens is 1. The number of thiophene rings is 1. The monoisotopic (exact) mass is 431 g/mol. The molecule has 8 heteroatoms. The Balaban J connectivity index is 1.41. The van der Waals surface area contributed by atoms with Gasteiger partial charge in [0.2, 0.25) is 11.8 Å². The van der Waals surface area contributed by atoms with Gasteiger partial charge in [0.1, 0.15) is 11.2 Å². The minimum Gasteiger partial charge on any atom is -0.379 e. The third kappa shape index (κ3) is 4.55. The molecule has 1 saturated carbocycles. The van der Waals surface area contributed by atoms with Crippen LogP contribution in [0.5, 0.6) is 0 Å². The fraction of sp³-hybridized carbons (Fsp3) is 0.455. The Morgan fingerprint density at radius 2 is 1.83 bits per heavy atom. The standard InChI is InChI=1S/C22H26FN3O3S/c1-15-2-7-19(30-15)18(26-10-12-29-13-11-26)14-24-20(27)22(8-9-22)21(28)25-17-5-3-16(23)4-6-17/h2-7,18H,8-14H2,1H3,(H,24,27)(H,25,28). The first-order valence-corrected chi connectivity index (χ1v) is 11.0. The lowest BCUT2D eigenvalue weighted by Gasteiger charge is -2.34. The quantitative estimate of drug-likeness (QED) is 0.661. The van der Waals surface area contributed by atoms with Crippen LogP contribution in [0.15, 0.2) is 36.4 Å². The molecule has 1 saturated heterocycles. The minimum atomic E-state index is -1.03. The van der Waals surface area contributed by atoms with Gasteiger partial charge in [0.05, 0.1) is 19.3 Å². The van der Waals surface area contributed by atoms with Crippen LogP contribution in [-0.2, 0) is 14.3 Å². The summed E-state index contributed by atoms with van der Waals surface area (Å²) in [6.45, 7) is 5.51. The molecule has 0 bridgehead atoms. The van der Waals surface area contributed by atoms with Crippen LogP contribution in [0, 0.1) is 18.2 Å². The van der Waals surface area contributed by atoms with Gasteiger partial charge in [0, 0.05) is 35.1 Å². The molecule has 2 amide bonds. The number of carbonyl (C=O) groups excluding carboxylic acids is 2. The number of morpholine rings is 1. The van der Waals surface area contributed by atoms with E-state index in [0.29, 0.717) is 38.3 Å². The largest absolute Gasteiger partial charge is 0.379 e. The number of ether oxygens (including phenoxy) is 1. The first kappa shape index (κ1) is 21.0. The molecule has 30 heavy (non-hydrogen) atoms. The summed E-state index contributed by atoms with van der Waals surface area (Å²) in [4.78, 5) is 30.5. The van der Waals surface area contributed by atoms with Gasteiger partial charge < -0.3 is 15.4 Å². The predicted octanol–water partition coefficient (Wildman–Crippen LogP) is 3.10. The van der Waals surface area contributed by atoms with Crippen LogP contribution in [0.1, 0.15) is 28.6 Å². The summed E-state index contributed by atoms with van der Waals surface area (Å²) in [6, 6.07) is 9.82. The van der Waals surface area contributed by atoms with E-state index in [2.05, 4.69) is 34.6 Å². The second-order valence-corrected chi connectivity index (χ2v) is 9.19. The van der Waals surface area contributed by atoms with Gasteiger partial charge in [-0.15, -0.1) is 11.3 Å². The fourth-order valence-electron chi connectivity index (χ4n) is 3.76. The van der Waals surface area contributed by atoms with Crippen LogP contribution in [0.2, 0.25) is 0 Å². The van der Waals surface area contributed by atoms with Gasteiger partial charge in [0.25, 0.3) is 0 Å². The van der Waals surface area contributed by atoms with Crippen molar-refractivity contribution >= 4 is 28.8 Å². The van der Waals surface area contributed by atoms with E-state index in [1.807, 2.05) is 0 Å². The molecule has 1 unspecified atom stereocenters. The Labute approximate surface area is 179 Å². The molecular weight excluding hydrogens is 405 g/mol. The normalized spacial score (nSPS) is 19.1. The Hall–Kier alpha value is -2.29. The van der Waals surface area contributed by atoms with E-state index in [1.165, 1.54) is 34.0 Å². The maximum Gasteiger partial charge on any atom is 0.240 e. The second kappa shape index (κ2) is 8.83. The minimum absolute atomic E-state index is 0.0625. The number of hydrogen-bond donors (Lipinski definition) is 2. The van der Waals surface area contributed by atoms with E-state index >= 15 is 0 Å². The molecule has 1 aliphatic heterocycles. The number of hydrogen-bond acceptors (Lipinski definition) is 5. The first-order chi connectivity index (χ1) is 14.5. The van der Waals surface area contributed by atoms with Gasteiger partial charge in [-0.05, 0) is 56.2 Å².